The molecule has 0 aliphatic rings. The Bertz CT molecular complexity index is 621. The van der Waals surface area contributed by atoms with Gasteiger partial charge in [-0.1, -0.05) is 40.2 Å². The zero-order valence-corrected chi connectivity index (χ0v) is 12.3. The first-order chi connectivity index (χ1) is 9.63. The van der Waals surface area contributed by atoms with E-state index in [0.29, 0.717) is 6.61 Å². The molecule has 4 heteroatoms. The van der Waals surface area contributed by atoms with Crippen LogP contribution in [0.2, 0.25) is 0 Å². The van der Waals surface area contributed by atoms with E-state index in [1.165, 1.54) is 6.08 Å². The van der Waals surface area contributed by atoms with Crippen LogP contribution in [0.4, 0.5) is 0 Å². The number of rotatable bonds is 5. The molecule has 0 aliphatic heterocycles. The van der Waals surface area contributed by atoms with Gasteiger partial charge in [-0.05, 0) is 41.5 Å². The van der Waals surface area contributed by atoms with Gasteiger partial charge >= 0.3 is 0 Å². The van der Waals surface area contributed by atoms with Crippen molar-refractivity contribution >= 4 is 27.9 Å². The van der Waals surface area contributed by atoms with Gasteiger partial charge in [0.2, 0.25) is 5.91 Å². The van der Waals surface area contributed by atoms with Crippen LogP contribution in [-0.2, 0) is 11.4 Å². The molecule has 0 spiro atoms. The highest BCUT2D eigenvalue weighted by Crippen LogP contribution is 2.17. The molecule has 1 amide bonds. The molecule has 0 bridgehead atoms. The van der Waals surface area contributed by atoms with Crippen molar-refractivity contribution in [2.24, 2.45) is 5.73 Å². The third-order valence-corrected chi connectivity index (χ3v) is 3.15. The van der Waals surface area contributed by atoms with Crippen LogP contribution in [-0.4, -0.2) is 5.91 Å². The van der Waals surface area contributed by atoms with E-state index in [-0.39, 0.29) is 0 Å². The highest BCUT2D eigenvalue weighted by Gasteiger charge is 1.97. The third-order valence-electron chi connectivity index (χ3n) is 2.62. The fraction of sp³-hybridized carbons (Fsp3) is 0.0625. The molecule has 2 aromatic rings. The maximum atomic E-state index is 10.7. The van der Waals surface area contributed by atoms with Crippen LogP contribution in [0.15, 0.2) is 59.1 Å². The maximum absolute atomic E-state index is 10.7. The quantitative estimate of drug-likeness (QED) is 0.852. The largest absolute Gasteiger partial charge is 0.489 e. The summed E-state index contributed by atoms with van der Waals surface area (Å²) in [6.45, 7) is 0.496. The number of ether oxygens (including phenoxy) is 1. The summed E-state index contributed by atoms with van der Waals surface area (Å²) in [5.74, 6) is 0.283. The Labute approximate surface area is 126 Å². The minimum atomic E-state index is -0.466. The lowest BCUT2D eigenvalue weighted by atomic mass is 10.2. The average Bonchev–Trinajstić information content (AvgIpc) is 2.45. The number of nitrogens with two attached hydrogens (primary N) is 1. The van der Waals surface area contributed by atoms with Gasteiger partial charge in [0.1, 0.15) is 12.4 Å². The van der Waals surface area contributed by atoms with Crippen LogP contribution >= 0.6 is 15.9 Å². The number of carbonyl (C=O) groups is 1. The molecule has 0 aliphatic carbocycles. The molecule has 0 heterocycles. The number of amides is 1. The van der Waals surface area contributed by atoms with Gasteiger partial charge in [0, 0.05) is 10.5 Å². The second-order valence-electron chi connectivity index (χ2n) is 4.22. The topological polar surface area (TPSA) is 52.3 Å². The van der Waals surface area contributed by atoms with Gasteiger partial charge < -0.3 is 10.5 Å². The van der Waals surface area contributed by atoms with Gasteiger partial charge in [0.15, 0.2) is 0 Å². The van der Waals surface area contributed by atoms with E-state index in [0.717, 1.165) is 21.3 Å². The van der Waals surface area contributed by atoms with E-state index < -0.39 is 5.91 Å². The van der Waals surface area contributed by atoms with Crippen molar-refractivity contribution in [2.45, 2.75) is 6.61 Å². The van der Waals surface area contributed by atoms with Crippen LogP contribution in [0.25, 0.3) is 6.08 Å². The van der Waals surface area contributed by atoms with Gasteiger partial charge in [-0.3, -0.25) is 4.79 Å². The first kappa shape index (κ1) is 14.3. The van der Waals surface area contributed by atoms with Gasteiger partial charge in [-0.15, -0.1) is 0 Å². The van der Waals surface area contributed by atoms with Gasteiger partial charge in [0.25, 0.3) is 0 Å². The van der Waals surface area contributed by atoms with E-state index in [2.05, 4.69) is 15.9 Å². The highest BCUT2D eigenvalue weighted by molar-refractivity contribution is 9.10. The molecule has 2 rings (SSSR count). The molecule has 20 heavy (non-hydrogen) atoms. The summed E-state index contributed by atoms with van der Waals surface area (Å²) in [6, 6.07) is 15.4. The summed E-state index contributed by atoms with van der Waals surface area (Å²) in [7, 11) is 0. The lowest BCUT2D eigenvalue weighted by molar-refractivity contribution is -0.113. The first-order valence-corrected chi connectivity index (χ1v) is 6.87. The van der Waals surface area contributed by atoms with Crippen molar-refractivity contribution < 1.29 is 9.53 Å². The monoisotopic (exact) mass is 331 g/mol. The summed E-state index contributed by atoms with van der Waals surface area (Å²) in [4.78, 5) is 10.7. The minimum Gasteiger partial charge on any atom is -0.489 e. The summed E-state index contributed by atoms with van der Waals surface area (Å²) in [5, 5.41) is 0. The normalized spacial score (nSPS) is 10.7. The van der Waals surface area contributed by atoms with Crippen LogP contribution in [0.1, 0.15) is 11.1 Å². The van der Waals surface area contributed by atoms with Crippen molar-refractivity contribution in [3.8, 4) is 5.75 Å². The zero-order valence-electron chi connectivity index (χ0n) is 10.8. The summed E-state index contributed by atoms with van der Waals surface area (Å²) < 4.78 is 6.76. The van der Waals surface area contributed by atoms with Crippen molar-refractivity contribution in [2.75, 3.05) is 0 Å². The van der Waals surface area contributed by atoms with Crippen LogP contribution in [0.3, 0.4) is 0 Å². The lowest BCUT2D eigenvalue weighted by Crippen LogP contribution is -2.05. The molecule has 0 unspecified atom stereocenters. The Balaban J connectivity index is 2.01. The molecule has 3 nitrogen and oxygen atoms in total. The van der Waals surface area contributed by atoms with E-state index in [1.54, 1.807) is 6.08 Å². The fourth-order valence-electron chi connectivity index (χ4n) is 1.63. The Kier molecular flexibility index (Phi) is 4.96. The predicted molar refractivity (Wildman–Crippen MR) is 83.1 cm³/mol. The fourth-order valence-corrected chi connectivity index (χ4v) is 1.90. The Hall–Kier alpha value is -2.07. The smallest absolute Gasteiger partial charge is 0.241 e. The minimum absolute atomic E-state index is 0.466. The number of hydrogen-bond donors (Lipinski definition) is 1. The molecule has 0 radical (unpaired) electrons. The average molecular weight is 332 g/mol. The molecule has 0 atom stereocenters. The second kappa shape index (κ2) is 6.91. The first-order valence-electron chi connectivity index (χ1n) is 6.08. The predicted octanol–water partition coefficient (Wildman–Crippen LogP) is 3.53. The number of primary amides is 1. The summed E-state index contributed by atoms with van der Waals surface area (Å²) >= 11 is 3.39. The molecule has 0 saturated heterocycles. The Morgan fingerprint density at radius 3 is 2.65 bits per heavy atom. The molecule has 0 saturated carbocycles. The van der Waals surface area contributed by atoms with Crippen LogP contribution in [0.5, 0.6) is 5.75 Å². The van der Waals surface area contributed by atoms with E-state index in [9.17, 15) is 4.79 Å². The van der Waals surface area contributed by atoms with Crippen LogP contribution < -0.4 is 10.5 Å². The molecule has 0 aromatic heterocycles. The Morgan fingerprint density at radius 2 is 1.95 bits per heavy atom. The maximum Gasteiger partial charge on any atom is 0.241 e. The SMILES string of the molecule is NC(=O)C=Cc1cccc(OCc2ccc(Br)cc2)c1. The zero-order chi connectivity index (χ0) is 14.4. The molecule has 0 fully saturated rings. The molecule has 2 N–H and O–H groups in total. The molecular formula is C16H14BrNO2. The van der Waals surface area contributed by atoms with Crippen LogP contribution in [0, 0.1) is 0 Å². The standard InChI is InChI=1S/C16H14BrNO2/c17-14-7-4-13(5-8-14)11-20-15-3-1-2-12(10-15)6-9-16(18)19/h1-10H,11H2,(H2,18,19). The molecule has 2 aromatic carbocycles. The van der Waals surface area contributed by atoms with Crippen molar-refractivity contribution in [1.29, 1.82) is 0 Å². The van der Waals surface area contributed by atoms with Crippen molar-refractivity contribution in [1.82, 2.24) is 0 Å². The number of carbonyl (C=O) groups excluding carboxylic acids is 1. The number of benzene rings is 2. The van der Waals surface area contributed by atoms with E-state index in [4.69, 9.17) is 10.5 Å². The molecular weight excluding hydrogens is 318 g/mol. The second-order valence-corrected chi connectivity index (χ2v) is 5.14. The summed E-state index contributed by atoms with van der Waals surface area (Å²) in [6.07, 6.45) is 2.99. The van der Waals surface area contributed by atoms with Gasteiger partial charge in [0.05, 0.1) is 0 Å². The van der Waals surface area contributed by atoms with E-state index >= 15 is 0 Å². The third kappa shape index (κ3) is 4.55. The summed E-state index contributed by atoms with van der Waals surface area (Å²) in [5.41, 5.74) is 7.03. The van der Waals surface area contributed by atoms with E-state index in [1.807, 2.05) is 48.5 Å². The van der Waals surface area contributed by atoms with Crippen molar-refractivity contribution in [3.63, 3.8) is 0 Å². The lowest BCUT2D eigenvalue weighted by Gasteiger charge is -2.07. The number of hydrogen-bond acceptors (Lipinski definition) is 2. The number of halogens is 1. The highest BCUT2D eigenvalue weighted by atomic mass is 79.9. The van der Waals surface area contributed by atoms with Crippen molar-refractivity contribution in [3.05, 3.63) is 70.2 Å². The van der Waals surface area contributed by atoms with Gasteiger partial charge in [-0.25, -0.2) is 0 Å². The molecule has 102 valence electrons. The van der Waals surface area contributed by atoms with Gasteiger partial charge in [-0.2, -0.15) is 0 Å². The Morgan fingerprint density at radius 1 is 1.20 bits per heavy atom.